The van der Waals surface area contributed by atoms with Crippen LogP contribution in [0.4, 0.5) is 8.78 Å². The van der Waals surface area contributed by atoms with Crippen molar-refractivity contribution < 1.29 is 13.9 Å². The zero-order chi connectivity index (χ0) is 8.70. The van der Waals surface area contributed by atoms with E-state index in [1.54, 1.807) is 11.8 Å². The Bertz CT molecular complexity index is 143. The van der Waals surface area contributed by atoms with E-state index < -0.39 is 11.5 Å². The largest absolute Gasteiger partial charge is 0.382 e. The molecule has 1 unspecified atom stereocenters. The standard InChI is InChI=1S/C7H13F2NO/c1-3-10-4-6(2,11)7(8,9)5-10/h11H,3-5H2,1-2H3. The Hall–Kier alpha value is -0.220. The fourth-order valence-electron chi connectivity index (χ4n) is 1.28. The monoisotopic (exact) mass is 165 g/mol. The summed E-state index contributed by atoms with van der Waals surface area (Å²) in [6, 6.07) is 0. The zero-order valence-electron chi connectivity index (χ0n) is 6.77. The molecule has 1 aliphatic rings. The fraction of sp³-hybridized carbons (Fsp3) is 1.00. The molecule has 66 valence electrons. The van der Waals surface area contributed by atoms with Gasteiger partial charge in [-0.3, -0.25) is 4.90 Å². The van der Waals surface area contributed by atoms with Gasteiger partial charge >= 0.3 is 0 Å². The van der Waals surface area contributed by atoms with Crippen LogP contribution in [-0.4, -0.2) is 41.2 Å². The Labute approximate surface area is 64.8 Å². The van der Waals surface area contributed by atoms with Crippen LogP contribution in [0.2, 0.25) is 0 Å². The molecular weight excluding hydrogens is 152 g/mol. The highest BCUT2D eigenvalue weighted by molar-refractivity contribution is 5.00. The summed E-state index contributed by atoms with van der Waals surface area (Å²) in [4.78, 5) is 1.54. The van der Waals surface area contributed by atoms with E-state index in [0.29, 0.717) is 6.54 Å². The third kappa shape index (κ3) is 1.37. The number of nitrogens with zero attached hydrogens (tertiary/aromatic N) is 1. The molecule has 1 rings (SSSR count). The number of alkyl halides is 2. The highest BCUT2D eigenvalue weighted by atomic mass is 19.3. The third-order valence-corrected chi connectivity index (χ3v) is 2.19. The number of hydrogen-bond donors (Lipinski definition) is 1. The van der Waals surface area contributed by atoms with Gasteiger partial charge in [-0.25, -0.2) is 8.78 Å². The summed E-state index contributed by atoms with van der Waals surface area (Å²) in [7, 11) is 0. The van der Waals surface area contributed by atoms with Crippen LogP contribution in [0.1, 0.15) is 13.8 Å². The summed E-state index contributed by atoms with van der Waals surface area (Å²) in [5.41, 5.74) is -1.84. The molecule has 1 fully saturated rings. The van der Waals surface area contributed by atoms with Gasteiger partial charge in [-0.2, -0.15) is 0 Å². The zero-order valence-corrected chi connectivity index (χ0v) is 6.77. The smallest absolute Gasteiger partial charge is 0.289 e. The summed E-state index contributed by atoms with van der Waals surface area (Å²) < 4.78 is 25.7. The molecule has 0 aromatic rings. The van der Waals surface area contributed by atoms with Gasteiger partial charge in [0.15, 0.2) is 0 Å². The highest BCUT2D eigenvalue weighted by Gasteiger charge is 2.55. The predicted molar refractivity (Wildman–Crippen MR) is 37.7 cm³/mol. The number of halogens is 2. The van der Waals surface area contributed by atoms with Crippen LogP contribution < -0.4 is 0 Å². The molecule has 0 aromatic carbocycles. The van der Waals surface area contributed by atoms with Crippen molar-refractivity contribution in [2.75, 3.05) is 19.6 Å². The third-order valence-electron chi connectivity index (χ3n) is 2.19. The summed E-state index contributed by atoms with van der Waals surface area (Å²) in [6.45, 7) is 3.29. The highest BCUT2D eigenvalue weighted by Crippen LogP contribution is 2.35. The van der Waals surface area contributed by atoms with E-state index in [2.05, 4.69) is 0 Å². The molecule has 0 radical (unpaired) electrons. The second kappa shape index (κ2) is 2.38. The van der Waals surface area contributed by atoms with Crippen molar-refractivity contribution in [2.24, 2.45) is 0 Å². The number of likely N-dealkylation sites (tertiary alicyclic amines) is 1. The van der Waals surface area contributed by atoms with Gasteiger partial charge in [-0.15, -0.1) is 0 Å². The van der Waals surface area contributed by atoms with Gasteiger partial charge in [-0.05, 0) is 13.5 Å². The van der Waals surface area contributed by atoms with Gasteiger partial charge in [-0.1, -0.05) is 6.92 Å². The number of aliphatic hydroxyl groups is 1. The molecule has 0 bridgehead atoms. The number of likely N-dealkylation sites (N-methyl/N-ethyl adjacent to an activating group) is 1. The van der Waals surface area contributed by atoms with E-state index in [1.807, 2.05) is 0 Å². The topological polar surface area (TPSA) is 23.5 Å². The van der Waals surface area contributed by atoms with E-state index in [4.69, 9.17) is 0 Å². The minimum absolute atomic E-state index is 0.0660. The van der Waals surface area contributed by atoms with Crippen LogP contribution in [0.25, 0.3) is 0 Å². The van der Waals surface area contributed by atoms with E-state index in [1.165, 1.54) is 6.92 Å². The molecule has 2 nitrogen and oxygen atoms in total. The van der Waals surface area contributed by atoms with Crippen LogP contribution in [0.5, 0.6) is 0 Å². The first-order chi connectivity index (χ1) is 4.89. The number of hydrogen-bond acceptors (Lipinski definition) is 2. The van der Waals surface area contributed by atoms with Crippen molar-refractivity contribution in [3.8, 4) is 0 Å². The average molecular weight is 165 g/mol. The maximum Gasteiger partial charge on any atom is 0.289 e. The Morgan fingerprint density at radius 3 is 2.18 bits per heavy atom. The van der Waals surface area contributed by atoms with E-state index in [0.717, 1.165) is 0 Å². The van der Waals surface area contributed by atoms with Gasteiger partial charge in [0.05, 0.1) is 6.54 Å². The normalized spacial score (nSPS) is 37.9. The Morgan fingerprint density at radius 1 is 1.45 bits per heavy atom. The van der Waals surface area contributed by atoms with Crippen molar-refractivity contribution in [3.63, 3.8) is 0 Å². The summed E-state index contributed by atoms with van der Waals surface area (Å²) in [5, 5.41) is 9.23. The summed E-state index contributed by atoms with van der Waals surface area (Å²) in [5.74, 6) is -2.96. The molecule has 0 aromatic heterocycles. The van der Waals surface area contributed by atoms with Crippen molar-refractivity contribution in [1.29, 1.82) is 0 Å². The lowest BCUT2D eigenvalue weighted by molar-refractivity contribution is -0.134. The quantitative estimate of drug-likeness (QED) is 0.618. The SMILES string of the molecule is CCN1CC(C)(O)C(F)(F)C1. The number of β-amino-alcohol motifs (C(OH)–C–C–N with tert-alkyl or cyclic N) is 1. The molecule has 1 aliphatic heterocycles. The summed E-state index contributed by atoms with van der Waals surface area (Å²) >= 11 is 0. The summed E-state index contributed by atoms with van der Waals surface area (Å²) in [6.07, 6.45) is 0. The molecule has 1 atom stereocenters. The number of rotatable bonds is 1. The molecule has 4 heteroatoms. The molecule has 1 N–H and O–H groups in total. The van der Waals surface area contributed by atoms with Gasteiger partial charge in [0, 0.05) is 6.54 Å². The average Bonchev–Trinajstić information content (AvgIpc) is 2.03. The lowest BCUT2D eigenvalue weighted by Gasteiger charge is -2.22. The van der Waals surface area contributed by atoms with Gasteiger partial charge < -0.3 is 5.11 Å². The van der Waals surface area contributed by atoms with Crippen LogP contribution in [-0.2, 0) is 0 Å². The van der Waals surface area contributed by atoms with Crippen molar-refractivity contribution in [1.82, 2.24) is 4.90 Å². The molecule has 0 amide bonds. The first-order valence-corrected chi connectivity index (χ1v) is 3.71. The van der Waals surface area contributed by atoms with Crippen LogP contribution in [0.15, 0.2) is 0 Å². The first kappa shape index (κ1) is 8.87. The van der Waals surface area contributed by atoms with Gasteiger partial charge in [0.2, 0.25) is 0 Å². The van der Waals surface area contributed by atoms with E-state index >= 15 is 0 Å². The van der Waals surface area contributed by atoms with Crippen LogP contribution >= 0.6 is 0 Å². The molecule has 1 heterocycles. The molecule has 1 saturated heterocycles. The van der Waals surface area contributed by atoms with Gasteiger partial charge in [0.25, 0.3) is 5.92 Å². The fourth-order valence-corrected chi connectivity index (χ4v) is 1.28. The van der Waals surface area contributed by atoms with E-state index in [9.17, 15) is 13.9 Å². The lowest BCUT2D eigenvalue weighted by atomic mass is 10.0. The predicted octanol–water partition coefficient (Wildman–Crippen LogP) is 0.708. The first-order valence-electron chi connectivity index (χ1n) is 3.71. The Morgan fingerprint density at radius 2 is 2.00 bits per heavy atom. The molecular formula is C7H13F2NO. The maximum atomic E-state index is 12.9. The molecule has 0 spiro atoms. The molecule has 11 heavy (non-hydrogen) atoms. The van der Waals surface area contributed by atoms with Crippen LogP contribution in [0.3, 0.4) is 0 Å². The van der Waals surface area contributed by atoms with E-state index in [-0.39, 0.29) is 13.1 Å². The van der Waals surface area contributed by atoms with Crippen molar-refractivity contribution >= 4 is 0 Å². The van der Waals surface area contributed by atoms with Crippen molar-refractivity contribution in [3.05, 3.63) is 0 Å². The second-order valence-electron chi connectivity index (χ2n) is 3.28. The Balaban J connectivity index is 2.72. The molecule has 0 saturated carbocycles. The Kier molecular flexibility index (Phi) is 1.92. The minimum Gasteiger partial charge on any atom is -0.382 e. The minimum atomic E-state index is -2.96. The maximum absolute atomic E-state index is 12.9. The lowest BCUT2D eigenvalue weighted by Crippen LogP contribution is -2.43. The van der Waals surface area contributed by atoms with Crippen molar-refractivity contribution in [2.45, 2.75) is 25.4 Å². The van der Waals surface area contributed by atoms with Crippen LogP contribution in [0, 0.1) is 0 Å². The second-order valence-corrected chi connectivity index (χ2v) is 3.28. The molecule has 0 aliphatic carbocycles. The van der Waals surface area contributed by atoms with Gasteiger partial charge in [0.1, 0.15) is 5.60 Å².